The van der Waals surface area contributed by atoms with E-state index in [-0.39, 0.29) is 18.4 Å². The van der Waals surface area contributed by atoms with Crippen LogP contribution in [0.5, 0.6) is 5.75 Å². The Hall–Kier alpha value is -2.89. The van der Waals surface area contributed by atoms with Gasteiger partial charge in [0.25, 0.3) is 5.91 Å². The number of nitrogens with zero attached hydrogens (tertiary/aromatic N) is 1. The zero-order valence-electron chi connectivity index (χ0n) is 18.1. The Morgan fingerprint density at radius 2 is 1.80 bits per heavy atom. The van der Waals surface area contributed by atoms with Crippen molar-refractivity contribution in [2.24, 2.45) is 5.92 Å². The predicted molar refractivity (Wildman–Crippen MR) is 115 cm³/mol. The molecule has 0 aliphatic heterocycles. The van der Waals surface area contributed by atoms with Crippen molar-refractivity contribution in [2.75, 3.05) is 7.11 Å². The summed E-state index contributed by atoms with van der Waals surface area (Å²) in [6.07, 6.45) is 0. The van der Waals surface area contributed by atoms with E-state index in [9.17, 15) is 13.6 Å². The fourth-order valence-electron chi connectivity index (χ4n) is 3.80. The van der Waals surface area contributed by atoms with Crippen LogP contribution in [-0.2, 0) is 13.1 Å². The first-order valence-corrected chi connectivity index (χ1v) is 10.1. The van der Waals surface area contributed by atoms with Crippen LogP contribution in [0.1, 0.15) is 55.2 Å². The van der Waals surface area contributed by atoms with E-state index >= 15 is 0 Å². The number of ether oxygens (including phenoxy) is 1. The molecule has 4 nitrogen and oxygen atoms in total. The van der Waals surface area contributed by atoms with E-state index < -0.39 is 11.6 Å². The van der Waals surface area contributed by atoms with E-state index in [0.717, 1.165) is 41.0 Å². The number of rotatable bonds is 7. The minimum Gasteiger partial charge on any atom is -0.497 e. The number of methoxy groups -OCH3 is 1. The number of nitrogens with one attached hydrogen (secondary N) is 1. The molecule has 0 saturated carbocycles. The number of hydrogen-bond acceptors (Lipinski definition) is 2. The molecule has 0 spiro atoms. The Labute approximate surface area is 175 Å². The largest absolute Gasteiger partial charge is 0.497 e. The van der Waals surface area contributed by atoms with Crippen LogP contribution in [0.3, 0.4) is 0 Å². The van der Waals surface area contributed by atoms with Crippen LogP contribution in [0.25, 0.3) is 10.9 Å². The minimum atomic E-state index is -0.926. The van der Waals surface area contributed by atoms with Crippen molar-refractivity contribution in [2.45, 2.75) is 46.7 Å². The van der Waals surface area contributed by atoms with Gasteiger partial charge < -0.3 is 14.6 Å². The van der Waals surface area contributed by atoms with Gasteiger partial charge in [-0.15, -0.1) is 0 Å². The third-order valence-electron chi connectivity index (χ3n) is 5.07. The molecule has 0 saturated heterocycles. The molecule has 30 heavy (non-hydrogen) atoms. The molecule has 0 aliphatic rings. The highest BCUT2D eigenvalue weighted by molar-refractivity contribution is 6.09. The lowest BCUT2D eigenvalue weighted by atomic mass is 10.0. The standard InChI is InChI=1S/C24H28F2N2O2/c1-14(2)13-28-21-11-17(30-5)7-8-18(21)22(23(28)15(3)4)24(29)27-12-16-6-9-19(25)20(26)10-16/h6-11,14-15H,12-13H2,1-5H3,(H,27,29). The molecule has 1 N–H and O–H groups in total. The second kappa shape index (κ2) is 8.86. The molecule has 0 aliphatic carbocycles. The molecule has 1 heterocycles. The molecular weight excluding hydrogens is 386 g/mol. The molecule has 0 bridgehead atoms. The highest BCUT2D eigenvalue weighted by Crippen LogP contribution is 2.34. The van der Waals surface area contributed by atoms with Crippen LogP contribution < -0.4 is 10.1 Å². The first-order valence-electron chi connectivity index (χ1n) is 10.1. The first kappa shape index (κ1) is 21.8. The summed E-state index contributed by atoms with van der Waals surface area (Å²) in [4.78, 5) is 13.2. The molecule has 160 valence electrons. The molecule has 0 unspecified atom stereocenters. The Morgan fingerprint density at radius 1 is 1.07 bits per heavy atom. The highest BCUT2D eigenvalue weighted by Gasteiger charge is 2.25. The number of fused-ring (bicyclic) bond motifs is 1. The molecule has 6 heteroatoms. The Bertz CT molecular complexity index is 1070. The van der Waals surface area contributed by atoms with Crippen LogP contribution in [0, 0.1) is 17.6 Å². The third-order valence-corrected chi connectivity index (χ3v) is 5.07. The normalized spacial score (nSPS) is 11.5. The first-order chi connectivity index (χ1) is 14.2. The fraction of sp³-hybridized carbons (Fsp3) is 0.375. The van der Waals surface area contributed by atoms with Gasteiger partial charge in [-0.3, -0.25) is 4.79 Å². The van der Waals surface area contributed by atoms with Crippen LogP contribution >= 0.6 is 0 Å². The van der Waals surface area contributed by atoms with Gasteiger partial charge in [0.1, 0.15) is 5.75 Å². The molecule has 1 aromatic heterocycles. The van der Waals surface area contributed by atoms with Crippen molar-refractivity contribution < 1.29 is 18.3 Å². The number of halogens is 2. The van der Waals surface area contributed by atoms with Crippen molar-refractivity contribution in [3.63, 3.8) is 0 Å². The zero-order valence-corrected chi connectivity index (χ0v) is 18.1. The molecule has 3 rings (SSSR count). The van der Waals surface area contributed by atoms with Crippen molar-refractivity contribution in [1.29, 1.82) is 0 Å². The summed E-state index contributed by atoms with van der Waals surface area (Å²) in [6.45, 7) is 9.29. The summed E-state index contributed by atoms with van der Waals surface area (Å²) in [5.74, 6) is -0.827. The second-order valence-electron chi connectivity index (χ2n) is 8.23. The van der Waals surface area contributed by atoms with Crippen LogP contribution in [0.4, 0.5) is 8.78 Å². The number of aromatic nitrogens is 1. The maximum atomic E-state index is 13.5. The Balaban J connectivity index is 2.05. The molecule has 1 amide bonds. The van der Waals surface area contributed by atoms with Crippen LogP contribution in [0.15, 0.2) is 36.4 Å². The maximum absolute atomic E-state index is 13.5. The summed E-state index contributed by atoms with van der Waals surface area (Å²) in [6, 6.07) is 9.34. The van der Waals surface area contributed by atoms with Gasteiger partial charge in [-0.25, -0.2) is 8.78 Å². The summed E-state index contributed by atoms with van der Waals surface area (Å²) in [7, 11) is 1.62. The van der Waals surface area contributed by atoms with Crippen molar-refractivity contribution in [3.05, 3.63) is 64.9 Å². The molecule has 2 aromatic carbocycles. The van der Waals surface area contributed by atoms with Gasteiger partial charge in [0.15, 0.2) is 11.6 Å². The van der Waals surface area contributed by atoms with Crippen LogP contribution in [-0.4, -0.2) is 17.6 Å². The minimum absolute atomic E-state index is 0.112. The number of amides is 1. The Kier molecular flexibility index (Phi) is 6.44. The molecule has 0 atom stereocenters. The lowest BCUT2D eigenvalue weighted by molar-refractivity contribution is 0.0950. The zero-order chi connectivity index (χ0) is 22.0. The van der Waals surface area contributed by atoms with E-state index in [1.54, 1.807) is 7.11 Å². The van der Waals surface area contributed by atoms with Gasteiger partial charge in [0, 0.05) is 30.2 Å². The number of carbonyl (C=O) groups is 1. The van der Waals surface area contributed by atoms with E-state index in [4.69, 9.17) is 4.74 Å². The van der Waals surface area contributed by atoms with Gasteiger partial charge >= 0.3 is 0 Å². The maximum Gasteiger partial charge on any atom is 0.254 e. The molecule has 0 radical (unpaired) electrons. The highest BCUT2D eigenvalue weighted by atomic mass is 19.2. The second-order valence-corrected chi connectivity index (χ2v) is 8.23. The van der Waals surface area contributed by atoms with Crippen molar-refractivity contribution in [3.8, 4) is 5.75 Å². The molecule has 0 fully saturated rings. The number of carbonyl (C=O) groups excluding carboxylic acids is 1. The molecular formula is C24H28F2N2O2. The smallest absolute Gasteiger partial charge is 0.254 e. The lowest BCUT2D eigenvalue weighted by Crippen LogP contribution is -2.24. The van der Waals surface area contributed by atoms with E-state index in [1.165, 1.54) is 6.07 Å². The summed E-state index contributed by atoms with van der Waals surface area (Å²) in [5, 5.41) is 3.72. The quantitative estimate of drug-likeness (QED) is 0.544. The van der Waals surface area contributed by atoms with Gasteiger partial charge in [-0.1, -0.05) is 33.8 Å². The monoisotopic (exact) mass is 414 g/mol. The third kappa shape index (κ3) is 4.32. The number of hydrogen-bond donors (Lipinski definition) is 1. The lowest BCUT2D eigenvalue weighted by Gasteiger charge is -2.17. The van der Waals surface area contributed by atoms with Crippen LogP contribution in [0.2, 0.25) is 0 Å². The van der Waals surface area contributed by atoms with E-state index in [2.05, 4.69) is 37.6 Å². The van der Waals surface area contributed by atoms with Crippen molar-refractivity contribution >= 4 is 16.8 Å². The SMILES string of the molecule is COc1ccc2c(C(=O)NCc3ccc(F)c(F)c3)c(C(C)C)n(CC(C)C)c2c1. The predicted octanol–water partition coefficient (Wildman–Crippen LogP) is 5.64. The van der Waals surface area contributed by atoms with Gasteiger partial charge in [-0.2, -0.15) is 0 Å². The van der Waals surface area contributed by atoms with Gasteiger partial charge in [0.05, 0.1) is 18.2 Å². The van der Waals surface area contributed by atoms with Gasteiger partial charge in [-0.05, 0) is 41.7 Å². The summed E-state index contributed by atoms with van der Waals surface area (Å²) < 4.78 is 34.3. The summed E-state index contributed by atoms with van der Waals surface area (Å²) in [5.41, 5.74) is 3.02. The Morgan fingerprint density at radius 3 is 2.40 bits per heavy atom. The van der Waals surface area contributed by atoms with Gasteiger partial charge in [0.2, 0.25) is 0 Å². The van der Waals surface area contributed by atoms with E-state index in [1.807, 2.05) is 18.2 Å². The van der Waals surface area contributed by atoms with Crippen molar-refractivity contribution in [1.82, 2.24) is 9.88 Å². The average Bonchev–Trinajstić information content (AvgIpc) is 3.01. The fourth-order valence-corrected chi connectivity index (χ4v) is 3.80. The van der Waals surface area contributed by atoms with E-state index in [0.29, 0.717) is 17.0 Å². The topological polar surface area (TPSA) is 43.3 Å². The average molecular weight is 414 g/mol. The molecule has 3 aromatic rings. The summed E-state index contributed by atoms with van der Waals surface area (Å²) >= 11 is 0. The number of benzene rings is 2.